The van der Waals surface area contributed by atoms with Crippen molar-refractivity contribution >= 4 is 43.4 Å². The Balaban J connectivity index is 1.07. The number of nitrogens with zero attached hydrogens (tertiary/aromatic N) is 1. The first kappa shape index (κ1) is 25.2. The van der Waals surface area contributed by atoms with Gasteiger partial charge in [-0.3, -0.25) is 0 Å². The molecule has 1 aliphatic rings. The molecule has 0 aliphatic carbocycles. The fourth-order valence-corrected chi connectivity index (χ4v) is 7.34. The lowest BCUT2D eigenvalue weighted by molar-refractivity contribution is 0.487. The van der Waals surface area contributed by atoms with E-state index in [1.54, 1.807) is 0 Å². The van der Waals surface area contributed by atoms with Crippen molar-refractivity contribution in [2.45, 2.75) is 0 Å². The molecule has 0 unspecified atom stereocenters. The summed E-state index contributed by atoms with van der Waals surface area (Å²) in [5.41, 5.74) is 10.7. The summed E-state index contributed by atoms with van der Waals surface area (Å²) in [6, 6.07) is 59.1. The first-order valence-corrected chi connectivity index (χ1v) is 15.8. The van der Waals surface area contributed by atoms with Crippen LogP contribution in [0.1, 0.15) is 0 Å². The molecule has 0 bridgehead atoms. The van der Waals surface area contributed by atoms with E-state index in [4.69, 9.17) is 4.74 Å². The van der Waals surface area contributed by atoms with Gasteiger partial charge in [0.05, 0.1) is 11.0 Å². The van der Waals surface area contributed by atoms with Crippen LogP contribution < -0.4 is 4.74 Å². The molecule has 0 amide bonds. The lowest BCUT2D eigenvalue weighted by Crippen LogP contribution is -1.97. The smallest absolute Gasteiger partial charge is 0.135 e. The number of rotatable bonds is 3. The molecule has 1 aromatic heterocycles. The topological polar surface area (TPSA) is 14.2 Å². The summed E-state index contributed by atoms with van der Waals surface area (Å²) < 4.78 is 8.73. The van der Waals surface area contributed by atoms with Gasteiger partial charge in [-0.2, -0.15) is 0 Å². The second kappa shape index (κ2) is 9.69. The number of aromatic nitrogens is 1. The van der Waals surface area contributed by atoms with Crippen LogP contribution in [0, 0.1) is 0 Å². The number of fused-ring (bicyclic) bond motifs is 6. The highest BCUT2D eigenvalue weighted by atomic mass is 16.5. The Kier molecular flexibility index (Phi) is 5.31. The van der Waals surface area contributed by atoms with Crippen molar-refractivity contribution in [2.75, 3.05) is 0 Å². The average molecular weight is 586 g/mol. The van der Waals surface area contributed by atoms with Gasteiger partial charge in [0.15, 0.2) is 0 Å². The zero-order valence-corrected chi connectivity index (χ0v) is 24.9. The van der Waals surface area contributed by atoms with Gasteiger partial charge in [0.2, 0.25) is 0 Å². The Morgan fingerprint density at radius 2 is 1.00 bits per heavy atom. The van der Waals surface area contributed by atoms with Crippen molar-refractivity contribution in [3.63, 3.8) is 0 Å². The molecule has 0 fully saturated rings. The maximum absolute atomic E-state index is 6.33. The molecule has 2 heterocycles. The molecular formula is C44H27NO. The number of hydrogen-bond acceptors (Lipinski definition) is 1. The van der Waals surface area contributed by atoms with Crippen molar-refractivity contribution < 1.29 is 4.74 Å². The normalized spacial score (nSPS) is 12.1. The van der Waals surface area contributed by atoms with Crippen molar-refractivity contribution in [1.82, 2.24) is 4.57 Å². The van der Waals surface area contributed by atoms with Gasteiger partial charge >= 0.3 is 0 Å². The van der Waals surface area contributed by atoms with Crippen LogP contribution in [0.3, 0.4) is 0 Å². The van der Waals surface area contributed by atoms with E-state index in [9.17, 15) is 0 Å². The molecule has 0 saturated carbocycles. The van der Waals surface area contributed by atoms with Crippen LogP contribution in [0.2, 0.25) is 0 Å². The first-order valence-electron chi connectivity index (χ1n) is 15.8. The molecule has 2 nitrogen and oxygen atoms in total. The fraction of sp³-hybridized carbons (Fsp3) is 0. The van der Waals surface area contributed by atoms with Crippen molar-refractivity contribution in [3.05, 3.63) is 164 Å². The minimum absolute atomic E-state index is 0.905. The zero-order valence-electron chi connectivity index (χ0n) is 24.9. The molecule has 46 heavy (non-hydrogen) atoms. The van der Waals surface area contributed by atoms with E-state index in [0.29, 0.717) is 0 Å². The van der Waals surface area contributed by atoms with Crippen molar-refractivity contribution in [1.29, 1.82) is 0 Å². The molecule has 1 aliphatic heterocycles. The Morgan fingerprint density at radius 1 is 0.370 bits per heavy atom. The molecule has 0 saturated heterocycles. The second-order valence-electron chi connectivity index (χ2n) is 12.2. The van der Waals surface area contributed by atoms with Gasteiger partial charge in [0.25, 0.3) is 0 Å². The number of hydrogen-bond donors (Lipinski definition) is 0. The fourth-order valence-electron chi connectivity index (χ4n) is 7.34. The molecule has 2 heteroatoms. The van der Waals surface area contributed by atoms with Gasteiger partial charge < -0.3 is 9.30 Å². The maximum Gasteiger partial charge on any atom is 0.135 e. The average Bonchev–Trinajstić information content (AvgIpc) is 3.43. The molecule has 10 rings (SSSR count). The summed E-state index contributed by atoms with van der Waals surface area (Å²) in [7, 11) is 0. The van der Waals surface area contributed by atoms with E-state index in [0.717, 1.165) is 17.1 Å². The summed E-state index contributed by atoms with van der Waals surface area (Å²) in [6.45, 7) is 0. The van der Waals surface area contributed by atoms with Crippen LogP contribution in [0.15, 0.2) is 164 Å². The van der Waals surface area contributed by atoms with Crippen molar-refractivity contribution in [3.8, 4) is 50.6 Å². The Hall–Kier alpha value is -6.12. The van der Waals surface area contributed by atoms with Crippen LogP contribution >= 0.6 is 0 Å². The van der Waals surface area contributed by atoms with Gasteiger partial charge in [0.1, 0.15) is 11.5 Å². The Labute approximate surface area is 266 Å². The quantitative estimate of drug-likeness (QED) is 0.201. The van der Waals surface area contributed by atoms with Crippen molar-refractivity contribution in [2.24, 2.45) is 0 Å². The predicted molar refractivity (Wildman–Crippen MR) is 192 cm³/mol. The van der Waals surface area contributed by atoms with Gasteiger partial charge in [-0.25, -0.2) is 0 Å². The van der Waals surface area contributed by atoms with Gasteiger partial charge in [0, 0.05) is 27.4 Å². The maximum atomic E-state index is 6.33. The summed E-state index contributed by atoms with van der Waals surface area (Å²) in [5.74, 6) is 1.83. The molecule has 8 aromatic carbocycles. The minimum Gasteiger partial charge on any atom is -0.456 e. The van der Waals surface area contributed by atoms with E-state index >= 15 is 0 Å². The molecule has 0 atom stereocenters. The highest BCUT2D eigenvalue weighted by molar-refractivity contribution is 6.14. The Bertz CT molecular complexity index is 2640. The van der Waals surface area contributed by atoms with Gasteiger partial charge in [-0.15, -0.1) is 0 Å². The first-order chi connectivity index (χ1) is 22.8. The molecule has 9 aromatic rings. The molecule has 214 valence electrons. The van der Waals surface area contributed by atoms with E-state index in [2.05, 4.69) is 168 Å². The predicted octanol–water partition coefficient (Wildman–Crippen LogP) is 12.2. The number of ether oxygens (including phenoxy) is 1. The van der Waals surface area contributed by atoms with E-state index < -0.39 is 0 Å². The zero-order chi connectivity index (χ0) is 30.2. The monoisotopic (exact) mass is 585 g/mol. The second-order valence-corrected chi connectivity index (χ2v) is 12.2. The van der Waals surface area contributed by atoms with E-state index in [1.807, 2.05) is 0 Å². The molecule has 0 N–H and O–H groups in total. The summed E-state index contributed by atoms with van der Waals surface area (Å²) >= 11 is 0. The van der Waals surface area contributed by atoms with E-state index in [-0.39, 0.29) is 0 Å². The standard InChI is InChI=1S/C44H27NO/c1-2-12-35(13-3-1)45-40-22-20-33(25-37(40)38-24-31-8-4-5-9-32(31)27-41(38)45)28-16-18-29(19-17-28)34-21-23-42-39(26-34)36-14-6-10-30-11-7-15-43(46-42)44(30)36/h1-27H. The number of para-hydroxylation sites is 1. The third-order valence-corrected chi connectivity index (χ3v) is 9.55. The summed E-state index contributed by atoms with van der Waals surface area (Å²) in [4.78, 5) is 0. The highest BCUT2D eigenvalue weighted by Gasteiger charge is 2.20. The van der Waals surface area contributed by atoms with Crippen LogP contribution in [-0.4, -0.2) is 4.57 Å². The van der Waals surface area contributed by atoms with Crippen LogP contribution in [0.25, 0.3) is 82.4 Å². The van der Waals surface area contributed by atoms with Gasteiger partial charge in [-0.1, -0.05) is 109 Å². The minimum atomic E-state index is 0.905. The van der Waals surface area contributed by atoms with Crippen LogP contribution in [0.5, 0.6) is 11.5 Å². The molecule has 0 spiro atoms. The molecule has 0 radical (unpaired) electrons. The van der Waals surface area contributed by atoms with Crippen LogP contribution in [0.4, 0.5) is 0 Å². The van der Waals surface area contributed by atoms with E-state index in [1.165, 1.54) is 76.9 Å². The third-order valence-electron chi connectivity index (χ3n) is 9.55. The summed E-state index contributed by atoms with van der Waals surface area (Å²) in [6.07, 6.45) is 0. The lowest BCUT2D eigenvalue weighted by Gasteiger charge is -2.22. The largest absolute Gasteiger partial charge is 0.456 e. The molecular weight excluding hydrogens is 558 g/mol. The third kappa shape index (κ3) is 3.77. The summed E-state index contributed by atoms with van der Waals surface area (Å²) in [5, 5.41) is 7.42. The Morgan fingerprint density at radius 3 is 1.80 bits per heavy atom. The lowest BCUT2D eigenvalue weighted by atomic mass is 9.92. The number of benzene rings is 8. The SMILES string of the molecule is c1ccc(-n2c3ccc(-c4ccc(-c5ccc6c(c5)-c5cccc7cccc(c57)O6)cc4)cc3c3cc4ccccc4cc32)cc1. The van der Waals surface area contributed by atoms with Gasteiger partial charge in [-0.05, 0) is 98.6 Å². The highest BCUT2D eigenvalue weighted by Crippen LogP contribution is 2.47. The van der Waals surface area contributed by atoms with Crippen LogP contribution in [-0.2, 0) is 0 Å².